The summed E-state index contributed by atoms with van der Waals surface area (Å²) in [6, 6.07) is 0. The van der Waals surface area contributed by atoms with Crippen molar-refractivity contribution in [3.05, 3.63) is 27.4 Å². The molecule has 0 aromatic carbocycles. The van der Waals surface area contributed by atoms with E-state index in [0.29, 0.717) is 18.7 Å². The third kappa shape index (κ3) is 3.92. The molecule has 0 atom stereocenters. The van der Waals surface area contributed by atoms with E-state index in [0.717, 1.165) is 17.7 Å². The summed E-state index contributed by atoms with van der Waals surface area (Å²) in [5.41, 5.74) is 2.11. The maximum absolute atomic E-state index is 12.1. The highest BCUT2D eigenvalue weighted by atomic mass is 16.4. The van der Waals surface area contributed by atoms with Crippen molar-refractivity contribution in [2.75, 3.05) is 0 Å². The zero-order chi connectivity index (χ0) is 15.5. The molecule has 0 fully saturated rings. The number of nitrogens with zero attached hydrogens (tertiary/aromatic N) is 2. The van der Waals surface area contributed by atoms with Crippen LogP contribution < -0.4 is 5.69 Å². The SMILES string of the molecule is CCC(C)(C)Cn1c(C)c(CCC(=O)O)c(C)nc1=O. The minimum absolute atomic E-state index is 0.00952. The number of aromatic nitrogens is 2. The first-order valence-corrected chi connectivity index (χ1v) is 6.96. The van der Waals surface area contributed by atoms with Gasteiger partial charge >= 0.3 is 11.7 Å². The van der Waals surface area contributed by atoms with E-state index < -0.39 is 5.97 Å². The van der Waals surface area contributed by atoms with Crippen LogP contribution in [0.1, 0.15) is 50.6 Å². The van der Waals surface area contributed by atoms with E-state index in [9.17, 15) is 9.59 Å². The topological polar surface area (TPSA) is 72.2 Å². The molecule has 112 valence electrons. The molecule has 0 aliphatic rings. The maximum atomic E-state index is 12.1. The van der Waals surface area contributed by atoms with Gasteiger partial charge in [-0.25, -0.2) is 4.79 Å². The fourth-order valence-electron chi connectivity index (χ4n) is 2.16. The second-order valence-electron chi connectivity index (χ2n) is 6.04. The maximum Gasteiger partial charge on any atom is 0.347 e. The van der Waals surface area contributed by atoms with Gasteiger partial charge in [0, 0.05) is 24.4 Å². The van der Waals surface area contributed by atoms with Crippen molar-refractivity contribution >= 4 is 5.97 Å². The summed E-state index contributed by atoms with van der Waals surface area (Å²) >= 11 is 0. The molecule has 1 aromatic heterocycles. The normalized spacial score (nSPS) is 11.7. The predicted molar refractivity (Wildman–Crippen MR) is 78.0 cm³/mol. The first kappa shape index (κ1) is 16.4. The molecule has 0 amide bonds. The van der Waals surface area contributed by atoms with Gasteiger partial charge in [0.2, 0.25) is 0 Å². The van der Waals surface area contributed by atoms with Crippen molar-refractivity contribution in [2.24, 2.45) is 5.41 Å². The first-order valence-electron chi connectivity index (χ1n) is 6.96. The Hall–Kier alpha value is -1.65. The number of hydrogen-bond donors (Lipinski definition) is 1. The molecule has 5 heteroatoms. The quantitative estimate of drug-likeness (QED) is 0.868. The van der Waals surface area contributed by atoms with Crippen LogP contribution in [0.5, 0.6) is 0 Å². The van der Waals surface area contributed by atoms with Crippen LogP contribution in [0.25, 0.3) is 0 Å². The number of carboxylic acids is 1. The van der Waals surface area contributed by atoms with Crippen LogP contribution in [-0.2, 0) is 17.8 Å². The van der Waals surface area contributed by atoms with E-state index in [1.165, 1.54) is 0 Å². The van der Waals surface area contributed by atoms with E-state index in [2.05, 4.69) is 25.8 Å². The fourth-order valence-corrected chi connectivity index (χ4v) is 2.16. The van der Waals surface area contributed by atoms with E-state index in [1.807, 2.05) is 6.92 Å². The van der Waals surface area contributed by atoms with Gasteiger partial charge < -0.3 is 5.11 Å². The molecule has 0 bridgehead atoms. The van der Waals surface area contributed by atoms with Crippen molar-refractivity contribution in [2.45, 2.75) is 60.4 Å². The molecule has 1 heterocycles. The van der Waals surface area contributed by atoms with E-state index in [-0.39, 0.29) is 17.5 Å². The van der Waals surface area contributed by atoms with Crippen LogP contribution in [0.15, 0.2) is 4.79 Å². The standard InChI is InChI=1S/C15H24N2O3/c1-6-15(4,5)9-17-11(3)12(7-8-13(18)19)10(2)16-14(17)20/h6-9H2,1-5H3,(H,18,19). The average Bonchev–Trinajstić information content (AvgIpc) is 2.34. The number of aliphatic carboxylic acids is 1. The van der Waals surface area contributed by atoms with Gasteiger partial charge in [-0.15, -0.1) is 0 Å². The lowest BCUT2D eigenvalue weighted by atomic mass is 9.90. The molecule has 1 N–H and O–H groups in total. The monoisotopic (exact) mass is 280 g/mol. The summed E-state index contributed by atoms with van der Waals surface area (Å²) in [5, 5.41) is 8.82. The smallest absolute Gasteiger partial charge is 0.347 e. The first-order chi connectivity index (χ1) is 9.18. The minimum Gasteiger partial charge on any atom is -0.481 e. The number of aryl methyl sites for hydroxylation is 1. The molecular formula is C15H24N2O3. The van der Waals surface area contributed by atoms with Gasteiger partial charge in [0.1, 0.15) is 0 Å². The van der Waals surface area contributed by atoms with Crippen molar-refractivity contribution < 1.29 is 9.90 Å². The molecule has 0 spiro atoms. The molecular weight excluding hydrogens is 256 g/mol. The molecule has 1 rings (SSSR count). The van der Waals surface area contributed by atoms with Crippen LogP contribution >= 0.6 is 0 Å². The highest BCUT2D eigenvalue weighted by Crippen LogP contribution is 2.23. The molecule has 0 aliphatic carbocycles. The predicted octanol–water partition coefficient (Wildman–Crippen LogP) is 2.31. The lowest BCUT2D eigenvalue weighted by Gasteiger charge is -2.26. The fraction of sp³-hybridized carbons (Fsp3) is 0.667. The van der Waals surface area contributed by atoms with Crippen LogP contribution in [0.3, 0.4) is 0 Å². The molecule has 5 nitrogen and oxygen atoms in total. The van der Waals surface area contributed by atoms with Gasteiger partial charge in [0.05, 0.1) is 0 Å². The Bertz CT molecular complexity index is 559. The van der Waals surface area contributed by atoms with E-state index in [4.69, 9.17) is 5.11 Å². The van der Waals surface area contributed by atoms with Crippen molar-refractivity contribution in [3.8, 4) is 0 Å². The van der Waals surface area contributed by atoms with Gasteiger partial charge in [-0.3, -0.25) is 9.36 Å². The Morgan fingerprint density at radius 3 is 2.45 bits per heavy atom. The summed E-state index contributed by atoms with van der Waals surface area (Å²) in [7, 11) is 0. The zero-order valence-electron chi connectivity index (χ0n) is 13.0. The third-order valence-electron chi connectivity index (χ3n) is 3.90. The second kappa shape index (κ2) is 6.20. The summed E-state index contributed by atoms with van der Waals surface area (Å²) < 4.78 is 1.67. The van der Waals surface area contributed by atoms with Crippen LogP contribution in [0, 0.1) is 19.3 Å². The van der Waals surface area contributed by atoms with Gasteiger partial charge in [-0.1, -0.05) is 20.8 Å². The largest absolute Gasteiger partial charge is 0.481 e. The van der Waals surface area contributed by atoms with Gasteiger partial charge in [-0.05, 0) is 37.7 Å². The zero-order valence-corrected chi connectivity index (χ0v) is 13.0. The van der Waals surface area contributed by atoms with Crippen molar-refractivity contribution in [3.63, 3.8) is 0 Å². The van der Waals surface area contributed by atoms with Gasteiger partial charge in [0.15, 0.2) is 0 Å². The summed E-state index contributed by atoms with van der Waals surface area (Å²) in [6.45, 7) is 10.5. The van der Waals surface area contributed by atoms with E-state index >= 15 is 0 Å². The number of carbonyl (C=O) groups is 1. The van der Waals surface area contributed by atoms with Crippen LogP contribution in [-0.4, -0.2) is 20.6 Å². The third-order valence-corrected chi connectivity index (χ3v) is 3.90. The molecule has 20 heavy (non-hydrogen) atoms. The van der Waals surface area contributed by atoms with Crippen LogP contribution in [0.4, 0.5) is 0 Å². The number of hydrogen-bond acceptors (Lipinski definition) is 3. The van der Waals surface area contributed by atoms with Crippen LogP contribution in [0.2, 0.25) is 0 Å². The lowest BCUT2D eigenvalue weighted by Crippen LogP contribution is -2.33. The Morgan fingerprint density at radius 1 is 1.35 bits per heavy atom. The average molecular weight is 280 g/mol. The van der Waals surface area contributed by atoms with Gasteiger partial charge in [0.25, 0.3) is 0 Å². The molecule has 0 saturated heterocycles. The molecule has 0 radical (unpaired) electrons. The summed E-state index contributed by atoms with van der Waals surface area (Å²) in [4.78, 5) is 26.9. The molecule has 1 aromatic rings. The van der Waals surface area contributed by atoms with Gasteiger partial charge in [-0.2, -0.15) is 4.98 Å². The Kier molecular flexibility index (Phi) is 5.09. The Balaban J connectivity index is 3.22. The number of rotatable bonds is 6. The highest BCUT2D eigenvalue weighted by molar-refractivity contribution is 5.67. The molecule has 0 aliphatic heterocycles. The second-order valence-corrected chi connectivity index (χ2v) is 6.04. The number of carboxylic acid groups (broad SMARTS) is 1. The molecule has 0 saturated carbocycles. The van der Waals surface area contributed by atoms with E-state index in [1.54, 1.807) is 11.5 Å². The summed E-state index contributed by atoms with van der Waals surface area (Å²) in [5.74, 6) is -0.838. The summed E-state index contributed by atoms with van der Waals surface area (Å²) in [6.07, 6.45) is 1.42. The Labute approximate surface area is 119 Å². The minimum atomic E-state index is -0.838. The lowest BCUT2D eigenvalue weighted by molar-refractivity contribution is -0.136. The Morgan fingerprint density at radius 2 is 1.95 bits per heavy atom. The van der Waals surface area contributed by atoms with Crippen molar-refractivity contribution in [1.29, 1.82) is 0 Å². The molecule has 0 unspecified atom stereocenters. The van der Waals surface area contributed by atoms with Crippen molar-refractivity contribution in [1.82, 2.24) is 9.55 Å². The highest BCUT2D eigenvalue weighted by Gasteiger charge is 2.20.